The van der Waals surface area contributed by atoms with Crippen molar-refractivity contribution in [3.05, 3.63) is 29.3 Å². The molecule has 0 N–H and O–H groups in total. The highest BCUT2D eigenvalue weighted by Crippen LogP contribution is 2.44. The van der Waals surface area contributed by atoms with Gasteiger partial charge in [0.25, 0.3) is 0 Å². The lowest BCUT2D eigenvalue weighted by atomic mass is 9.72. The number of unbranched alkanes of at least 4 members (excludes halogenated alkanes) is 5. The lowest BCUT2D eigenvalue weighted by Crippen LogP contribution is -2.28. The third kappa shape index (κ3) is 9.13. The molecule has 0 aromatic heterocycles. The van der Waals surface area contributed by atoms with Crippen LogP contribution >= 0.6 is 0 Å². The SMILES string of the molecule is CCCCCC[C@H](F)COc1c(F)cc([C@H]2CC[C@H](C3CC[SiH](CCCCC)CC3)CC2)cc1F. The molecule has 0 bridgehead atoms. The van der Waals surface area contributed by atoms with E-state index in [0.29, 0.717) is 6.42 Å². The van der Waals surface area contributed by atoms with Gasteiger partial charge in [-0.3, -0.25) is 0 Å². The van der Waals surface area contributed by atoms with Crippen LogP contribution in [0.4, 0.5) is 13.2 Å². The van der Waals surface area contributed by atoms with E-state index in [9.17, 15) is 13.2 Å². The number of rotatable bonds is 14. The minimum Gasteiger partial charge on any atom is -0.485 e. The van der Waals surface area contributed by atoms with Crippen molar-refractivity contribution >= 4 is 8.80 Å². The first kappa shape index (κ1) is 28.6. The number of hydrogen-bond donors (Lipinski definition) is 0. The zero-order valence-electron chi connectivity index (χ0n) is 22.3. The second kappa shape index (κ2) is 15.3. The Hall–Kier alpha value is -0.973. The molecule has 0 spiro atoms. The van der Waals surface area contributed by atoms with Crippen LogP contribution in [-0.2, 0) is 0 Å². The number of halogens is 3. The molecular weight excluding hydrogens is 461 g/mol. The van der Waals surface area contributed by atoms with Crippen molar-refractivity contribution in [1.82, 2.24) is 0 Å². The fourth-order valence-electron chi connectivity index (χ4n) is 6.56. The van der Waals surface area contributed by atoms with Crippen molar-refractivity contribution in [2.45, 2.75) is 134 Å². The van der Waals surface area contributed by atoms with E-state index in [4.69, 9.17) is 4.74 Å². The topological polar surface area (TPSA) is 9.23 Å². The zero-order valence-corrected chi connectivity index (χ0v) is 23.5. The van der Waals surface area contributed by atoms with E-state index < -0.39 is 32.4 Å². The Bertz CT molecular complexity index is 703. The van der Waals surface area contributed by atoms with E-state index in [1.807, 2.05) is 0 Å². The van der Waals surface area contributed by atoms with Gasteiger partial charge in [0, 0.05) is 8.80 Å². The van der Waals surface area contributed by atoms with Crippen molar-refractivity contribution in [2.24, 2.45) is 11.8 Å². The third-order valence-corrected chi connectivity index (χ3v) is 12.3. The Balaban J connectivity index is 1.43. The Morgan fingerprint density at radius 3 is 2.06 bits per heavy atom. The predicted molar refractivity (Wildman–Crippen MR) is 144 cm³/mol. The monoisotopic (exact) mass is 510 g/mol. The van der Waals surface area contributed by atoms with Gasteiger partial charge < -0.3 is 4.74 Å². The quantitative estimate of drug-likeness (QED) is 0.179. The molecule has 1 aliphatic heterocycles. The van der Waals surface area contributed by atoms with Crippen molar-refractivity contribution in [3.63, 3.8) is 0 Å². The van der Waals surface area contributed by atoms with Gasteiger partial charge in [0.15, 0.2) is 17.4 Å². The van der Waals surface area contributed by atoms with Gasteiger partial charge >= 0.3 is 0 Å². The molecule has 35 heavy (non-hydrogen) atoms. The Morgan fingerprint density at radius 1 is 0.829 bits per heavy atom. The van der Waals surface area contributed by atoms with E-state index >= 15 is 0 Å². The molecule has 1 atom stereocenters. The normalized spacial score (nSPS) is 26.0. The molecule has 1 saturated heterocycles. The Kier molecular flexibility index (Phi) is 12.5. The van der Waals surface area contributed by atoms with Crippen LogP contribution in [0.15, 0.2) is 12.1 Å². The molecule has 5 heteroatoms. The first-order valence-electron chi connectivity index (χ1n) is 14.8. The number of benzene rings is 1. The molecule has 2 fully saturated rings. The van der Waals surface area contributed by atoms with Crippen LogP contribution in [0.2, 0.25) is 18.1 Å². The second-order valence-corrected chi connectivity index (χ2v) is 14.9. The fourth-order valence-corrected chi connectivity index (χ4v) is 10.1. The molecule has 1 aromatic carbocycles. The first-order chi connectivity index (χ1) is 17.0. The lowest BCUT2D eigenvalue weighted by Gasteiger charge is -2.37. The van der Waals surface area contributed by atoms with Crippen LogP contribution in [-0.4, -0.2) is 21.6 Å². The maximum atomic E-state index is 14.7. The maximum Gasteiger partial charge on any atom is 0.190 e. The summed E-state index contributed by atoms with van der Waals surface area (Å²) in [4.78, 5) is 0. The molecule has 0 unspecified atom stereocenters. The smallest absolute Gasteiger partial charge is 0.190 e. The summed E-state index contributed by atoms with van der Waals surface area (Å²) in [5, 5.41) is 0. The molecule has 1 aromatic rings. The highest BCUT2D eigenvalue weighted by molar-refractivity contribution is 6.58. The summed E-state index contributed by atoms with van der Waals surface area (Å²) in [7, 11) is -0.469. The van der Waals surface area contributed by atoms with Gasteiger partial charge in [0.1, 0.15) is 12.8 Å². The van der Waals surface area contributed by atoms with Crippen molar-refractivity contribution in [1.29, 1.82) is 0 Å². The van der Waals surface area contributed by atoms with Crippen LogP contribution in [0.3, 0.4) is 0 Å². The van der Waals surface area contributed by atoms with Crippen LogP contribution in [0, 0.1) is 23.5 Å². The zero-order chi connectivity index (χ0) is 25.0. The van der Waals surface area contributed by atoms with E-state index in [2.05, 4.69) is 13.8 Å². The van der Waals surface area contributed by atoms with E-state index in [1.165, 1.54) is 69.2 Å². The lowest BCUT2D eigenvalue weighted by molar-refractivity contribution is 0.173. The van der Waals surface area contributed by atoms with Crippen LogP contribution in [0.25, 0.3) is 0 Å². The molecule has 200 valence electrons. The number of alkyl halides is 1. The average molecular weight is 511 g/mol. The van der Waals surface area contributed by atoms with Gasteiger partial charge in [-0.25, -0.2) is 13.2 Å². The average Bonchev–Trinajstić information content (AvgIpc) is 2.87. The second-order valence-electron chi connectivity index (χ2n) is 11.5. The maximum absolute atomic E-state index is 14.7. The fraction of sp³-hybridized carbons (Fsp3) is 0.800. The van der Waals surface area contributed by atoms with E-state index in [-0.39, 0.29) is 12.5 Å². The third-order valence-electron chi connectivity index (χ3n) is 8.82. The molecule has 0 radical (unpaired) electrons. The van der Waals surface area contributed by atoms with Gasteiger partial charge in [-0.1, -0.05) is 89.8 Å². The molecule has 3 rings (SSSR count). The standard InChI is InChI=1S/C30H49F3OSi/c1-3-5-7-8-10-27(31)22-34-30-28(32)20-26(21-29(30)33)24-13-11-23(12-14-24)25-15-18-35(19-16-25)17-9-6-4-2/h20-21,23-25,27,35H,3-19,22H2,1-2H3/t23-,24-,25?,27-,35?/m0/s1. The highest BCUT2D eigenvalue weighted by Gasteiger charge is 2.32. The molecule has 1 saturated carbocycles. The molecule has 1 nitrogen and oxygen atoms in total. The number of ether oxygens (including phenoxy) is 1. The molecule has 1 aliphatic carbocycles. The Labute approximate surface area is 214 Å². The molecular formula is C30H49F3OSi. The first-order valence-corrected chi connectivity index (χ1v) is 17.2. The summed E-state index contributed by atoms with van der Waals surface area (Å²) < 4.78 is 48.7. The number of hydrogen-bond acceptors (Lipinski definition) is 1. The van der Waals surface area contributed by atoms with Crippen molar-refractivity contribution < 1.29 is 17.9 Å². The van der Waals surface area contributed by atoms with Gasteiger partial charge in [-0.05, 0) is 67.6 Å². The minimum atomic E-state index is -1.19. The predicted octanol–water partition coefficient (Wildman–Crippen LogP) is 9.75. The molecule has 0 amide bonds. The summed E-state index contributed by atoms with van der Waals surface area (Å²) in [5.74, 6) is 0.104. The Morgan fingerprint density at radius 2 is 1.43 bits per heavy atom. The van der Waals surface area contributed by atoms with Crippen LogP contribution in [0.5, 0.6) is 5.75 Å². The largest absolute Gasteiger partial charge is 0.485 e. The summed E-state index contributed by atoms with van der Waals surface area (Å²) >= 11 is 0. The summed E-state index contributed by atoms with van der Waals surface area (Å²) in [6.45, 7) is 4.12. The summed E-state index contributed by atoms with van der Waals surface area (Å²) in [6, 6.07) is 7.49. The van der Waals surface area contributed by atoms with Gasteiger partial charge in [-0.15, -0.1) is 0 Å². The van der Waals surface area contributed by atoms with Gasteiger partial charge in [0.05, 0.1) is 0 Å². The highest BCUT2D eigenvalue weighted by atomic mass is 28.3. The van der Waals surface area contributed by atoms with Gasteiger partial charge in [0.2, 0.25) is 0 Å². The summed E-state index contributed by atoms with van der Waals surface area (Å²) in [5.41, 5.74) is 0.745. The van der Waals surface area contributed by atoms with Crippen LogP contribution in [0.1, 0.15) is 115 Å². The van der Waals surface area contributed by atoms with Crippen molar-refractivity contribution in [2.75, 3.05) is 6.61 Å². The molecule has 1 heterocycles. The van der Waals surface area contributed by atoms with Crippen molar-refractivity contribution in [3.8, 4) is 5.75 Å². The van der Waals surface area contributed by atoms with Gasteiger partial charge in [-0.2, -0.15) is 0 Å². The van der Waals surface area contributed by atoms with Crippen LogP contribution < -0.4 is 4.74 Å². The summed E-state index contributed by atoms with van der Waals surface area (Å²) in [6.07, 6.45) is 14.6. The minimum absolute atomic E-state index is 0.219. The van der Waals surface area contributed by atoms with E-state index in [0.717, 1.165) is 55.9 Å². The molecule has 2 aliphatic rings. The van der Waals surface area contributed by atoms with E-state index in [1.54, 1.807) is 6.04 Å².